The molecule has 3 heteroatoms. The zero-order valence-corrected chi connectivity index (χ0v) is 31.4. The first-order chi connectivity index (χ1) is 28.8. The molecule has 12 rings (SSSR count). The molecule has 0 saturated carbocycles. The molecule has 1 spiro atoms. The highest BCUT2D eigenvalue weighted by atomic mass is 16.3. The van der Waals surface area contributed by atoms with Crippen LogP contribution < -0.4 is 0 Å². The van der Waals surface area contributed by atoms with Gasteiger partial charge >= 0.3 is 0 Å². The van der Waals surface area contributed by atoms with Gasteiger partial charge < -0.3 is 4.42 Å². The Morgan fingerprint density at radius 3 is 1.71 bits per heavy atom. The summed E-state index contributed by atoms with van der Waals surface area (Å²) >= 11 is 0. The second kappa shape index (κ2) is 12.7. The highest BCUT2D eigenvalue weighted by Crippen LogP contribution is 2.64. The van der Waals surface area contributed by atoms with Gasteiger partial charge in [0.2, 0.25) is 0 Å². The lowest BCUT2D eigenvalue weighted by Gasteiger charge is -2.28. The van der Waals surface area contributed by atoms with E-state index >= 15 is 0 Å². The number of nitrogens with zero attached hydrogens (tertiary/aromatic N) is 2. The first kappa shape index (κ1) is 32.6. The van der Waals surface area contributed by atoms with Crippen molar-refractivity contribution in [1.29, 1.82) is 0 Å². The van der Waals surface area contributed by atoms with Gasteiger partial charge in [-0.25, -0.2) is 9.97 Å². The predicted molar refractivity (Wildman–Crippen MR) is 235 cm³/mol. The van der Waals surface area contributed by atoms with Gasteiger partial charge in [0.25, 0.3) is 0 Å². The van der Waals surface area contributed by atoms with E-state index < -0.39 is 5.41 Å². The van der Waals surface area contributed by atoms with E-state index in [4.69, 9.17) is 14.4 Å². The highest BCUT2D eigenvalue weighted by molar-refractivity contribution is 6.05. The molecule has 0 saturated heterocycles. The van der Waals surface area contributed by atoms with Crippen LogP contribution >= 0.6 is 0 Å². The fourth-order valence-electron chi connectivity index (χ4n) is 9.60. The molecule has 10 aromatic rings. The van der Waals surface area contributed by atoms with Crippen LogP contribution in [0, 0.1) is 0 Å². The van der Waals surface area contributed by atoms with Crippen LogP contribution in [0.25, 0.3) is 89.4 Å². The minimum Gasteiger partial charge on any atom is -0.459 e. The van der Waals surface area contributed by atoms with E-state index in [0.717, 1.165) is 61.5 Å². The first-order valence-corrected chi connectivity index (χ1v) is 19.8. The molecule has 0 bridgehead atoms. The van der Waals surface area contributed by atoms with Crippen molar-refractivity contribution in [2.24, 2.45) is 0 Å². The Bertz CT molecular complexity index is 3240. The van der Waals surface area contributed by atoms with Crippen LogP contribution in [0.1, 0.15) is 22.5 Å². The predicted octanol–water partition coefficient (Wildman–Crippen LogP) is 13.9. The molecule has 0 amide bonds. The molecule has 2 heterocycles. The maximum absolute atomic E-state index is 7.01. The van der Waals surface area contributed by atoms with Gasteiger partial charge in [0.05, 0.1) is 11.4 Å². The van der Waals surface area contributed by atoms with E-state index in [-0.39, 0.29) is 0 Å². The smallest absolute Gasteiger partial charge is 0.161 e. The van der Waals surface area contributed by atoms with E-state index in [0.29, 0.717) is 5.82 Å². The highest BCUT2D eigenvalue weighted by Gasteiger charge is 2.55. The van der Waals surface area contributed by atoms with Gasteiger partial charge in [-0.2, -0.15) is 0 Å². The molecule has 8 aromatic carbocycles. The largest absolute Gasteiger partial charge is 0.459 e. The molecule has 1 atom stereocenters. The Balaban J connectivity index is 1.07. The molecule has 270 valence electrons. The van der Waals surface area contributed by atoms with Gasteiger partial charge in [0.1, 0.15) is 16.8 Å². The second-order valence-corrected chi connectivity index (χ2v) is 15.2. The van der Waals surface area contributed by atoms with Crippen molar-refractivity contribution in [1.82, 2.24) is 9.97 Å². The normalized spacial score (nSPS) is 14.6. The topological polar surface area (TPSA) is 38.9 Å². The summed E-state index contributed by atoms with van der Waals surface area (Å²) in [5.74, 6) is 1.68. The van der Waals surface area contributed by atoms with Crippen LogP contribution in [-0.4, -0.2) is 9.97 Å². The maximum atomic E-state index is 7.01. The number of rotatable bonds is 5. The maximum Gasteiger partial charge on any atom is 0.161 e. The lowest BCUT2D eigenvalue weighted by molar-refractivity contribution is 0.507. The van der Waals surface area contributed by atoms with Crippen molar-refractivity contribution in [3.63, 3.8) is 0 Å². The first-order valence-electron chi connectivity index (χ1n) is 19.8. The number of aromatic nitrogens is 2. The van der Waals surface area contributed by atoms with Crippen LogP contribution in [0.2, 0.25) is 0 Å². The summed E-state index contributed by atoms with van der Waals surface area (Å²) in [6, 6.07) is 73.4. The fraction of sp³-hybridized carbons (Fsp3) is 0.0182. The zero-order valence-electron chi connectivity index (χ0n) is 31.4. The molecule has 0 fully saturated rings. The molecule has 0 N–H and O–H groups in total. The van der Waals surface area contributed by atoms with Crippen LogP contribution in [0.5, 0.6) is 0 Å². The molecule has 3 nitrogen and oxygen atoms in total. The Morgan fingerprint density at radius 2 is 0.914 bits per heavy atom. The van der Waals surface area contributed by atoms with E-state index in [1.165, 1.54) is 44.5 Å². The van der Waals surface area contributed by atoms with Crippen LogP contribution in [0.3, 0.4) is 0 Å². The van der Waals surface area contributed by atoms with Crippen molar-refractivity contribution in [3.05, 3.63) is 229 Å². The standard InChI is InChI=1S/C55H34N2O/c1-3-16-35(17-4-1)37-20-15-21-39(32-37)50-34-49(36-18-5-2-6-19-36)56-54(57-50)43-24-8-7-22-40(43)38-30-31-42-41-23-9-12-27-46(41)55(48(42)33-38)47-28-13-10-25-44(47)52-45-26-11-14-29-51(45)58-53(52)55/h1-34H. The zero-order chi connectivity index (χ0) is 38.2. The summed E-state index contributed by atoms with van der Waals surface area (Å²) in [6.45, 7) is 0. The van der Waals surface area contributed by atoms with E-state index in [1.807, 2.05) is 6.07 Å². The molecule has 2 aromatic heterocycles. The molecule has 0 radical (unpaired) electrons. The number of fused-ring (bicyclic) bond motifs is 12. The van der Waals surface area contributed by atoms with Crippen LogP contribution in [0.4, 0.5) is 0 Å². The van der Waals surface area contributed by atoms with Crippen LogP contribution in [-0.2, 0) is 5.41 Å². The van der Waals surface area contributed by atoms with Crippen LogP contribution in [0.15, 0.2) is 211 Å². The second-order valence-electron chi connectivity index (χ2n) is 15.2. The molecule has 2 aliphatic carbocycles. The van der Waals surface area contributed by atoms with Gasteiger partial charge in [0.15, 0.2) is 5.82 Å². The summed E-state index contributed by atoms with van der Waals surface area (Å²) in [4.78, 5) is 10.7. The fourth-order valence-corrected chi connectivity index (χ4v) is 9.60. The third kappa shape index (κ3) is 4.74. The number of furan rings is 1. The monoisotopic (exact) mass is 738 g/mol. The summed E-state index contributed by atoms with van der Waals surface area (Å²) in [7, 11) is 0. The minimum absolute atomic E-state index is 0.609. The molecular formula is C55H34N2O. The minimum atomic E-state index is -0.609. The van der Waals surface area contributed by atoms with Crippen molar-refractivity contribution in [3.8, 4) is 78.4 Å². The van der Waals surface area contributed by atoms with Gasteiger partial charge in [0, 0.05) is 27.6 Å². The van der Waals surface area contributed by atoms with Gasteiger partial charge in [-0.1, -0.05) is 182 Å². The Hall–Kier alpha value is -7.62. The number of para-hydroxylation sites is 1. The van der Waals surface area contributed by atoms with Gasteiger partial charge in [-0.05, 0) is 79.9 Å². The van der Waals surface area contributed by atoms with Gasteiger partial charge in [-0.15, -0.1) is 0 Å². The summed E-state index contributed by atoms with van der Waals surface area (Å²) in [5, 5.41) is 1.15. The summed E-state index contributed by atoms with van der Waals surface area (Å²) in [5.41, 5.74) is 18.2. The number of benzene rings is 8. The third-order valence-corrected chi connectivity index (χ3v) is 12.1. The Morgan fingerprint density at radius 1 is 0.345 bits per heavy atom. The van der Waals surface area contributed by atoms with E-state index in [1.54, 1.807) is 0 Å². The van der Waals surface area contributed by atoms with Crippen molar-refractivity contribution >= 4 is 11.0 Å². The molecule has 2 aliphatic rings. The van der Waals surface area contributed by atoms with Crippen molar-refractivity contribution in [2.45, 2.75) is 5.41 Å². The average Bonchev–Trinajstić information content (AvgIpc) is 3.93. The van der Waals surface area contributed by atoms with E-state index in [2.05, 4.69) is 200 Å². The van der Waals surface area contributed by atoms with E-state index in [9.17, 15) is 0 Å². The third-order valence-electron chi connectivity index (χ3n) is 12.1. The van der Waals surface area contributed by atoms with Crippen molar-refractivity contribution in [2.75, 3.05) is 0 Å². The van der Waals surface area contributed by atoms with Crippen molar-refractivity contribution < 1.29 is 4.42 Å². The number of hydrogen-bond acceptors (Lipinski definition) is 3. The summed E-state index contributed by atoms with van der Waals surface area (Å²) in [6.07, 6.45) is 0. The summed E-state index contributed by atoms with van der Waals surface area (Å²) < 4.78 is 7.01. The molecule has 58 heavy (non-hydrogen) atoms. The lowest BCUT2D eigenvalue weighted by atomic mass is 9.72. The number of hydrogen-bond donors (Lipinski definition) is 0. The Labute approximate surface area is 336 Å². The van der Waals surface area contributed by atoms with Gasteiger partial charge in [-0.3, -0.25) is 0 Å². The quantitative estimate of drug-likeness (QED) is 0.176. The lowest BCUT2D eigenvalue weighted by Crippen LogP contribution is -2.25. The SMILES string of the molecule is c1ccc(-c2cccc(-c3cc(-c4ccccc4)nc(-c4ccccc4-c4ccc5c(c4)C4(c6ccccc6-5)c5ccccc5-c5c4oc4ccccc54)n3)c2)cc1. The average molecular weight is 739 g/mol. The molecule has 1 unspecified atom stereocenters. The molecule has 0 aliphatic heterocycles. The Kier molecular flexibility index (Phi) is 7.14. The molecular weight excluding hydrogens is 705 g/mol.